The molecule has 0 heterocycles. The summed E-state index contributed by atoms with van der Waals surface area (Å²) in [6.07, 6.45) is 0.527. The van der Waals surface area contributed by atoms with Crippen LogP contribution < -0.4 is 9.47 Å². The van der Waals surface area contributed by atoms with Gasteiger partial charge in [0.2, 0.25) is 0 Å². The number of benzene rings is 2. The summed E-state index contributed by atoms with van der Waals surface area (Å²) in [5, 5.41) is 19.8. The maximum Gasteiger partial charge on any atom is 0.163 e. The maximum absolute atomic E-state index is 10.2. The van der Waals surface area contributed by atoms with Crippen molar-refractivity contribution in [3.05, 3.63) is 47.0 Å². The van der Waals surface area contributed by atoms with Gasteiger partial charge in [0.05, 0.1) is 14.2 Å². The van der Waals surface area contributed by atoms with Gasteiger partial charge in [0.15, 0.2) is 23.0 Å². The smallest absolute Gasteiger partial charge is 0.163 e. The molecule has 4 nitrogen and oxygen atoms in total. The van der Waals surface area contributed by atoms with Crippen LogP contribution in [-0.2, 0) is 6.42 Å². The summed E-state index contributed by atoms with van der Waals surface area (Å²) in [4.78, 5) is 0. The Kier molecular flexibility index (Phi) is 4.03. The zero-order valence-electron chi connectivity index (χ0n) is 11.8. The van der Waals surface area contributed by atoms with Crippen molar-refractivity contribution in [3.63, 3.8) is 0 Å². The zero-order valence-corrected chi connectivity index (χ0v) is 11.8. The molecule has 0 radical (unpaired) electrons. The second kappa shape index (κ2) is 5.74. The van der Waals surface area contributed by atoms with Gasteiger partial charge < -0.3 is 19.7 Å². The molecule has 0 aromatic heterocycles. The number of phenolic OH excluding ortho intramolecular Hbond substituents is 2. The lowest BCUT2D eigenvalue weighted by molar-refractivity contribution is 0.368. The van der Waals surface area contributed by atoms with E-state index in [2.05, 4.69) is 0 Å². The highest BCUT2D eigenvalue weighted by Crippen LogP contribution is 2.35. The predicted octanol–water partition coefficient (Wildman–Crippen LogP) is 3.01. The number of hydrogen-bond acceptors (Lipinski definition) is 4. The van der Waals surface area contributed by atoms with Crippen molar-refractivity contribution < 1.29 is 19.7 Å². The zero-order chi connectivity index (χ0) is 14.7. The summed E-state index contributed by atoms with van der Waals surface area (Å²) < 4.78 is 10.3. The molecule has 0 bridgehead atoms. The Bertz CT molecular complexity index is 620. The molecule has 20 heavy (non-hydrogen) atoms. The summed E-state index contributed by atoms with van der Waals surface area (Å²) in [7, 11) is 3.04. The number of phenols is 2. The normalized spacial score (nSPS) is 10.3. The molecule has 0 fully saturated rings. The lowest BCUT2D eigenvalue weighted by Crippen LogP contribution is -1.95. The van der Waals surface area contributed by atoms with Crippen molar-refractivity contribution in [1.82, 2.24) is 0 Å². The largest absolute Gasteiger partial charge is 0.504 e. The highest BCUT2D eigenvalue weighted by atomic mass is 16.5. The van der Waals surface area contributed by atoms with Crippen molar-refractivity contribution in [3.8, 4) is 23.0 Å². The van der Waals surface area contributed by atoms with Crippen molar-refractivity contribution >= 4 is 0 Å². The molecule has 0 aliphatic rings. The van der Waals surface area contributed by atoms with Gasteiger partial charge in [0.1, 0.15) is 0 Å². The van der Waals surface area contributed by atoms with Gasteiger partial charge in [-0.2, -0.15) is 0 Å². The molecule has 0 aliphatic carbocycles. The summed E-state index contributed by atoms with van der Waals surface area (Å²) >= 11 is 0. The Morgan fingerprint density at radius 2 is 1.75 bits per heavy atom. The first-order valence-corrected chi connectivity index (χ1v) is 6.28. The average Bonchev–Trinajstić information content (AvgIpc) is 2.44. The Hall–Kier alpha value is -2.36. The van der Waals surface area contributed by atoms with E-state index in [1.165, 1.54) is 14.2 Å². The number of aromatic hydroxyl groups is 2. The highest BCUT2D eigenvalue weighted by Gasteiger charge is 2.12. The molecule has 0 amide bonds. The van der Waals surface area contributed by atoms with Gasteiger partial charge in [-0.25, -0.2) is 0 Å². The predicted molar refractivity (Wildman–Crippen MR) is 76.9 cm³/mol. The van der Waals surface area contributed by atoms with Crippen LogP contribution >= 0.6 is 0 Å². The number of hydrogen-bond donors (Lipinski definition) is 2. The van der Waals surface area contributed by atoms with E-state index in [1.54, 1.807) is 18.2 Å². The monoisotopic (exact) mass is 274 g/mol. The third-order valence-electron chi connectivity index (χ3n) is 3.25. The van der Waals surface area contributed by atoms with Crippen LogP contribution in [0.2, 0.25) is 0 Å². The Labute approximate surface area is 118 Å². The number of ether oxygens (including phenoxy) is 2. The maximum atomic E-state index is 10.2. The third kappa shape index (κ3) is 2.64. The third-order valence-corrected chi connectivity index (χ3v) is 3.25. The number of methoxy groups -OCH3 is 2. The van der Waals surface area contributed by atoms with Gasteiger partial charge >= 0.3 is 0 Å². The van der Waals surface area contributed by atoms with Gasteiger partial charge in [0.25, 0.3) is 0 Å². The van der Waals surface area contributed by atoms with E-state index in [1.807, 2.05) is 19.1 Å². The van der Waals surface area contributed by atoms with E-state index >= 15 is 0 Å². The van der Waals surface area contributed by atoms with E-state index in [9.17, 15) is 10.2 Å². The molecule has 4 heteroatoms. The average molecular weight is 274 g/mol. The molecule has 0 saturated heterocycles. The van der Waals surface area contributed by atoms with Crippen LogP contribution in [0.1, 0.15) is 16.7 Å². The quantitative estimate of drug-likeness (QED) is 0.899. The van der Waals surface area contributed by atoms with Crippen molar-refractivity contribution in [2.24, 2.45) is 0 Å². The minimum Gasteiger partial charge on any atom is -0.504 e. The Morgan fingerprint density at radius 3 is 2.40 bits per heavy atom. The topological polar surface area (TPSA) is 58.9 Å². The Morgan fingerprint density at radius 1 is 1.00 bits per heavy atom. The van der Waals surface area contributed by atoms with Crippen LogP contribution in [0, 0.1) is 6.92 Å². The molecule has 0 aliphatic heterocycles. The van der Waals surface area contributed by atoms with Crippen LogP contribution in [0.4, 0.5) is 0 Å². The van der Waals surface area contributed by atoms with Crippen LogP contribution in [0.15, 0.2) is 30.3 Å². The van der Waals surface area contributed by atoms with E-state index in [4.69, 9.17) is 9.47 Å². The summed E-state index contributed by atoms with van der Waals surface area (Å²) in [5.41, 5.74) is 2.58. The summed E-state index contributed by atoms with van der Waals surface area (Å²) in [6, 6.07) is 8.90. The molecule has 0 atom stereocenters. The van der Waals surface area contributed by atoms with E-state index in [0.29, 0.717) is 17.9 Å². The molecule has 0 saturated carbocycles. The Balaban J connectivity index is 2.35. The first-order chi connectivity index (χ1) is 9.56. The fourth-order valence-electron chi connectivity index (χ4n) is 2.17. The molecular formula is C16H18O4. The van der Waals surface area contributed by atoms with Crippen molar-refractivity contribution in [1.29, 1.82) is 0 Å². The fourth-order valence-corrected chi connectivity index (χ4v) is 2.17. The van der Waals surface area contributed by atoms with Gasteiger partial charge in [0, 0.05) is 12.0 Å². The summed E-state index contributed by atoms with van der Waals surface area (Å²) in [5.74, 6) is 1.16. The van der Waals surface area contributed by atoms with Crippen LogP contribution in [0.3, 0.4) is 0 Å². The second-order valence-corrected chi connectivity index (χ2v) is 4.61. The van der Waals surface area contributed by atoms with Gasteiger partial charge in [-0.3, -0.25) is 0 Å². The molecule has 2 aromatic carbocycles. The van der Waals surface area contributed by atoms with Crippen LogP contribution in [0.25, 0.3) is 0 Å². The lowest BCUT2D eigenvalue weighted by atomic mass is 10.0. The molecule has 0 unspecified atom stereocenters. The van der Waals surface area contributed by atoms with Crippen molar-refractivity contribution in [2.45, 2.75) is 13.3 Å². The first kappa shape index (κ1) is 14.1. The minimum absolute atomic E-state index is 0.0990. The van der Waals surface area contributed by atoms with Gasteiger partial charge in [-0.05, 0) is 30.2 Å². The minimum atomic E-state index is 0.0990. The van der Waals surface area contributed by atoms with Crippen LogP contribution in [-0.4, -0.2) is 24.4 Å². The molecule has 2 N–H and O–H groups in total. The second-order valence-electron chi connectivity index (χ2n) is 4.61. The highest BCUT2D eigenvalue weighted by molar-refractivity contribution is 5.52. The standard InChI is InChI=1S/C16H18O4/c1-10-4-6-12(15(18)16(10)20-3)8-11-5-7-13(17)14(9-11)19-2/h4-7,9,17-18H,8H2,1-3H3. The molecule has 0 spiro atoms. The molecule has 2 rings (SSSR count). The van der Waals surface area contributed by atoms with E-state index in [0.717, 1.165) is 16.7 Å². The van der Waals surface area contributed by atoms with Gasteiger partial charge in [-0.15, -0.1) is 0 Å². The lowest BCUT2D eigenvalue weighted by Gasteiger charge is -2.12. The fraction of sp³-hybridized carbons (Fsp3) is 0.250. The molecular weight excluding hydrogens is 256 g/mol. The van der Waals surface area contributed by atoms with Crippen molar-refractivity contribution in [2.75, 3.05) is 14.2 Å². The first-order valence-electron chi connectivity index (χ1n) is 6.28. The van der Waals surface area contributed by atoms with E-state index in [-0.39, 0.29) is 11.5 Å². The van der Waals surface area contributed by atoms with Gasteiger partial charge in [-0.1, -0.05) is 18.2 Å². The number of aryl methyl sites for hydroxylation is 1. The van der Waals surface area contributed by atoms with E-state index < -0.39 is 0 Å². The van der Waals surface area contributed by atoms with Crippen LogP contribution in [0.5, 0.6) is 23.0 Å². The number of rotatable bonds is 4. The molecule has 106 valence electrons. The SMILES string of the molecule is COc1cc(Cc2ccc(C)c(OC)c2O)ccc1O. The molecule has 2 aromatic rings. The summed E-state index contributed by atoms with van der Waals surface area (Å²) in [6.45, 7) is 1.88.